The van der Waals surface area contributed by atoms with Crippen molar-refractivity contribution in [3.63, 3.8) is 0 Å². The second-order valence-corrected chi connectivity index (χ2v) is 16.6. The van der Waals surface area contributed by atoms with Gasteiger partial charge in [0.1, 0.15) is 12.2 Å². The molecule has 2 amide bonds. The summed E-state index contributed by atoms with van der Waals surface area (Å²) in [4.78, 5) is 32.3. The van der Waals surface area contributed by atoms with E-state index in [1.165, 1.54) is 25.3 Å². The maximum atomic E-state index is 14.2. The second-order valence-electron chi connectivity index (χ2n) is 16.6. The number of halogens is 4. The summed E-state index contributed by atoms with van der Waals surface area (Å²) in [5.41, 5.74) is 1.14. The van der Waals surface area contributed by atoms with Gasteiger partial charge < -0.3 is 20.4 Å². The number of nitrogens with zero attached hydrogens (tertiary/aromatic N) is 7. The van der Waals surface area contributed by atoms with Gasteiger partial charge in [-0.2, -0.15) is 29.0 Å². The van der Waals surface area contributed by atoms with Gasteiger partial charge in [0.25, 0.3) is 0 Å². The summed E-state index contributed by atoms with van der Waals surface area (Å²) >= 11 is 0. The molecule has 2 aliphatic carbocycles. The number of carbonyl (C=O) groups is 2. The average Bonchev–Trinajstić information content (AvgIpc) is 3.25. The highest BCUT2D eigenvalue weighted by molar-refractivity contribution is 5.78. The molecule has 0 atom stereocenters. The fourth-order valence-corrected chi connectivity index (χ4v) is 8.89. The molecule has 2 aromatic rings. The van der Waals surface area contributed by atoms with E-state index in [0.717, 1.165) is 121 Å². The number of rotatable bonds is 13. The Labute approximate surface area is 352 Å². The minimum absolute atomic E-state index is 0.0215. The molecule has 324 valence electrons. The maximum Gasteiger partial charge on any atom is 0.416 e. The first kappa shape index (κ1) is 46.2. The highest BCUT2D eigenvalue weighted by Crippen LogP contribution is 2.33. The number of hydrogen-bond acceptors (Lipinski definition) is 9. The summed E-state index contributed by atoms with van der Waals surface area (Å²) in [5.74, 6) is 0.352. The third kappa shape index (κ3) is 14.7. The average molecular weight is 834 g/mol. The lowest BCUT2D eigenvalue weighted by Gasteiger charge is -2.37. The molecule has 4 aliphatic rings. The van der Waals surface area contributed by atoms with E-state index in [0.29, 0.717) is 44.0 Å². The van der Waals surface area contributed by atoms with Gasteiger partial charge in [0.2, 0.25) is 11.8 Å². The van der Waals surface area contributed by atoms with E-state index in [-0.39, 0.29) is 30.0 Å². The Morgan fingerprint density at radius 1 is 0.683 bits per heavy atom. The minimum Gasteiger partial charge on any atom is -0.369 e. The van der Waals surface area contributed by atoms with Crippen LogP contribution in [0.15, 0.2) is 42.5 Å². The third-order valence-corrected chi connectivity index (χ3v) is 12.5. The van der Waals surface area contributed by atoms with Crippen molar-refractivity contribution in [3.05, 3.63) is 59.4 Å². The van der Waals surface area contributed by atoms with Crippen LogP contribution in [0.25, 0.3) is 0 Å². The molecule has 0 unspecified atom stereocenters. The van der Waals surface area contributed by atoms with Gasteiger partial charge in [-0.3, -0.25) is 19.4 Å². The van der Waals surface area contributed by atoms with Gasteiger partial charge in [-0.25, -0.2) is 4.39 Å². The Morgan fingerprint density at radius 3 is 1.73 bits per heavy atom. The van der Waals surface area contributed by atoms with Crippen LogP contribution in [-0.4, -0.2) is 99.1 Å². The number of hydrogen-bond donors (Lipinski definition) is 2. The first-order valence-electron chi connectivity index (χ1n) is 21.6. The number of alkyl halides is 3. The zero-order chi connectivity index (χ0) is 42.9. The van der Waals surface area contributed by atoms with Gasteiger partial charge in [-0.1, -0.05) is 6.07 Å². The summed E-state index contributed by atoms with van der Waals surface area (Å²) in [5, 5.41) is 32.2. The van der Waals surface area contributed by atoms with Gasteiger partial charge >= 0.3 is 6.18 Å². The number of nitriles is 3. The lowest BCUT2D eigenvalue weighted by Crippen LogP contribution is -2.47. The standard InChI is InChI=1S/C23H31N5O.C22H28F4N4O/c24-11-2-5-23(29)26-21-8-6-19(7-9-21)10-12-27-13-15-28(16-14-27)22-4-1-3-20(17-22)18-25;23-19-15-17(22(24,25)26)3-6-20(19)30-13-11-29(12-14-30)10-8-16-1-4-18(5-2-16)28-21(31)7-9-27/h1,3-4,17,19,21H,2,5-10,12-16H2,(H,26,29);3,6,15-16,18H,1-2,4-5,7-8,10-14H2,(H,28,31). The Kier molecular flexibility index (Phi) is 17.8. The van der Waals surface area contributed by atoms with Crippen LogP contribution in [-0.2, 0) is 15.8 Å². The molecule has 0 bridgehead atoms. The molecule has 2 N–H and O–H groups in total. The highest BCUT2D eigenvalue weighted by atomic mass is 19.4. The first-order chi connectivity index (χ1) is 28.9. The van der Waals surface area contributed by atoms with Crippen molar-refractivity contribution in [1.29, 1.82) is 15.8 Å². The van der Waals surface area contributed by atoms with Crippen LogP contribution in [0.1, 0.15) is 94.6 Å². The van der Waals surface area contributed by atoms with E-state index < -0.39 is 17.6 Å². The van der Waals surface area contributed by atoms with Gasteiger partial charge in [0.15, 0.2) is 0 Å². The van der Waals surface area contributed by atoms with Gasteiger partial charge in [-0.05, 0) is 126 Å². The van der Waals surface area contributed by atoms with Crippen LogP contribution in [0.4, 0.5) is 28.9 Å². The maximum absolute atomic E-state index is 14.2. The molecule has 6 rings (SSSR count). The normalized spacial score (nSPS) is 22.6. The van der Waals surface area contributed by atoms with Crippen LogP contribution in [0, 0.1) is 51.6 Å². The monoisotopic (exact) mass is 833 g/mol. The van der Waals surface area contributed by atoms with Crippen LogP contribution in [0.3, 0.4) is 0 Å². The SMILES string of the molecule is N#CCC(=O)NC1CCC(CCN2CCN(c3ccc(C(F)(F)F)cc3F)CC2)CC1.N#CCCC(=O)NC1CCC(CCN2CCN(c3cccc(C#N)c3)CC2)CC1. The predicted octanol–water partition coefficient (Wildman–Crippen LogP) is 6.99. The molecule has 2 aliphatic heterocycles. The Morgan fingerprint density at radius 2 is 1.23 bits per heavy atom. The van der Waals surface area contributed by atoms with E-state index in [1.54, 1.807) is 4.90 Å². The van der Waals surface area contributed by atoms with E-state index in [2.05, 4.69) is 37.5 Å². The Bertz CT molecular complexity index is 1810. The van der Waals surface area contributed by atoms with Crippen LogP contribution in [0.2, 0.25) is 0 Å². The molecule has 0 spiro atoms. The largest absolute Gasteiger partial charge is 0.416 e. The van der Waals surface area contributed by atoms with Crippen molar-refractivity contribution < 1.29 is 27.2 Å². The fourth-order valence-electron chi connectivity index (χ4n) is 8.89. The van der Waals surface area contributed by atoms with E-state index in [9.17, 15) is 27.2 Å². The summed E-state index contributed by atoms with van der Waals surface area (Å²) in [6.07, 6.45) is 6.75. The van der Waals surface area contributed by atoms with Crippen molar-refractivity contribution >= 4 is 23.2 Å². The van der Waals surface area contributed by atoms with E-state index >= 15 is 0 Å². The zero-order valence-corrected chi connectivity index (χ0v) is 34.6. The second kappa shape index (κ2) is 23.2. The molecule has 0 aromatic heterocycles. The Balaban J connectivity index is 0.000000228. The zero-order valence-electron chi connectivity index (χ0n) is 34.6. The van der Waals surface area contributed by atoms with Crippen molar-refractivity contribution in [3.8, 4) is 18.2 Å². The van der Waals surface area contributed by atoms with Crippen molar-refractivity contribution in [2.24, 2.45) is 11.8 Å². The number of amides is 2. The number of carbonyl (C=O) groups excluding carboxylic acids is 2. The number of anilines is 2. The molecule has 60 heavy (non-hydrogen) atoms. The molecule has 11 nitrogen and oxygen atoms in total. The third-order valence-electron chi connectivity index (χ3n) is 12.5. The lowest BCUT2D eigenvalue weighted by atomic mass is 9.84. The van der Waals surface area contributed by atoms with Crippen molar-refractivity contribution in [1.82, 2.24) is 20.4 Å². The molecular weight excluding hydrogens is 775 g/mol. The van der Waals surface area contributed by atoms with Crippen molar-refractivity contribution in [2.75, 3.05) is 75.2 Å². The molecule has 2 aromatic carbocycles. The minimum atomic E-state index is -4.54. The fraction of sp³-hybridized carbons (Fsp3) is 0.622. The summed E-state index contributed by atoms with van der Waals surface area (Å²) < 4.78 is 52.4. The molecule has 0 radical (unpaired) electrons. The predicted molar refractivity (Wildman–Crippen MR) is 222 cm³/mol. The summed E-state index contributed by atoms with van der Waals surface area (Å²) in [6.45, 7) is 8.92. The molecule has 15 heteroatoms. The van der Waals surface area contributed by atoms with Crippen LogP contribution >= 0.6 is 0 Å². The first-order valence-corrected chi connectivity index (χ1v) is 21.6. The molecule has 2 saturated heterocycles. The molecule has 2 heterocycles. The quantitative estimate of drug-likeness (QED) is 0.204. The van der Waals surface area contributed by atoms with Gasteiger partial charge in [0, 0.05) is 83.0 Å². The topological polar surface area (TPSA) is 143 Å². The van der Waals surface area contributed by atoms with E-state index in [1.807, 2.05) is 30.3 Å². The van der Waals surface area contributed by atoms with E-state index in [4.69, 9.17) is 15.8 Å². The number of benzene rings is 2. The van der Waals surface area contributed by atoms with Crippen molar-refractivity contribution in [2.45, 2.75) is 102 Å². The molecule has 2 saturated carbocycles. The smallest absolute Gasteiger partial charge is 0.369 e. The molecular formula is C45H59F4N9O2. The van der Waals surface area contributed by atoms with Crippen LogP contribution < -0.4 is 20.4 Å². The van der Waals surface area contributed by atoms with Gasteiger partial charge in [0.05, 0.1) is 35.0 Å². The number of nitrogens with one attached hydrogen (secondary N) is 2. The molecule has 4 fully saturated rings. The Hall–Kier alpha value is -4.91. The lowest BCUT2D eigenvalue weighted by molar-refractivity contribution is -0.137. The number of piperazine rings is 2. The highest BCUT2D eigenvalue weighted by Gasteiger charge is 2.32. The summed E-state index contributed by atoms with van der Waals surface area (Å²) in [7, 11) is 0. The van der Waals surface area contributed by atoms with Gasteiger partial charge in [-0.15, -0.1) is 0 Å². The summed E-state index contributed by atoms with van der Waals surface area (Å²) in [6, 6.07) is 17.2. The van der Waals surface area contributed by atoms with Crippen LogP contribution in [0.5, 0.6) is 0 Å².